The number of ether oxygens (including phenoxy) is 1. The Morgan fingerprint density at radius 2 is 2.16 bits per heavy atom. The topological polar surface area (TPSA) is 73.1 Å². The van der Waals surface area contributed by atoms with E-state index in [0.29, 0.717) is 30.3 Å². The number of nitrogens with zero attached hydrogens (tertiary/aromatic N) is 2. The number of rotatable bonds is 6. The Morgan fingerprint density at radius 1 is 1.37 bits per heavy atom. The quantitative estimate of drug-likeness (QED) is 0.822. The minimum Gasteiger partial charge on any atom is -0.478 e. The maximum absolute atomic E-state index is 5.85. The van der Waals surface area contributed by atoms with Crippen molar-refractivity contribution in [3.05, 3.63) is 12.3 Å². The second-order valence-electron chi connectivity index (χ2n) is 5.07. The van der Waals surface area contributed by atoms with Crippen molar-refractivity contribution >= 4 is 5.95 Å². The maximum Gasteiger partial charge on any atom is 0.225 e. The van der Waals surface area contributed by atoms with Crippen molar-refractivity contribution in [2.24, 2.45) is 17.6 Å². The van der Waals surface area contributed by atoms with E-state index >= 15 is 0 Å². The van der Waals surface area contributed by atoms with E-state index in [4.69, 9.17) is 10.5 Å². The zero-order chi connectivity index (χ0) is 13.5. The van der Waals surface area contributed by atoms with Gasteiger partial charge in [0.25, 0.3) is 0 Å². The van der Waals surface area contributed by atoms with E-state index in [9.17, 15) is 0 Å². The molecule has 1 heterocycles. The molecule has 5 nitrogen and oxygen atoms in total. The summed E-state index contributed by atoms with van der Waals surface area (Å²) in [7, 11) is 0. The van der Waals surface area contributed by atoms with Crippen LogP contribution in [0.3, 0.4) is 0 Å². The van der Waals surface area contributed by atoms with Gasteiger partial charge in [-0.15, -0.1) is 0 Å². The molecule has 0 aliphatic heterocycles. The monoisotopic (exact) mass is 264 g/mol. The molecule has 106 valence electrons. The van der Waals surface area contributed by atoms with Gasteiger partial charge in [0.05, 0.1) is 6.61 Å². The van der Waals surface area contributed by atoms with E-state index < -0.39 is 0 Å². The van der Waals surface area contributed by atoms with Crippen LogP contribution in [0.1, 0.15) is 32.6 Å². The van der Waals surface area contributed by atoms with E-state index in [2.05, 4.69) is 15.3 Å². The first-order chi connectivity index (χ1) is 9.33. The third-order valence-corrected chi connectivity index (χ3v) is 3.81. The smallest absolute Gasteiger partial charge is 0.225 e. The third kappa shape index (κ3) is 4.06. The van der Waals surface area contributed by atoms with Gasteiger partial charge in [0.1, 0.15) is 0 Å². The zero-order valence-corrected chi connectivity index (χ0v) is 11.6. The van der Waals surface area contributed by atoms with E-state index in [-0.39, 0.29) is 0 Å². The normalized spacial score (nSPS) is 23.1. The minimum absolute atomic E-state index is 0.619. The summed E-state index contributed by atoms with van der Waals surface area (Å²) in [6, 6.07) is 1.78. The Kier molecular flexibility index (Phi) is 5.39. The molecule has 0 radical (unpaired) electrons. The summed E-state index contributed by atoms with van der Waals surface area (Å²) < 4.78 is 5.37. The van der Waals surface area contributed by atoms with Crippen LogP contribution in [-0.2, 0) is 0 Å². The summed E-state index contributed by atoms with van der Waals surface area (Å²) in [6.07, 6.45) is 6.85. The first-order valence-corrected chi connectivity index (χ1v) is 7.23. The Balaban J connectivity index is 1.88. The van der Waals surface area contributed by atoms with Gasteiger partial charge in [-0.05, 0) is 38.1 Å². The average Bonchev–Trinajstić information content (AvgIpc) is 2.46. The molecule has 0 aromatic carbocycles. The summed E-state index contributed by atoms with van der Waals surface area (Å²) in [6.45, 7) is 4.25. The fourth-order valence-electron chi connectivity index (χ4n) is 2.74. The standard InChI is InChI=1S/C14H24N4O/c1-2-19-13-7-8-16-14(18-13)17-10-12-6-4-3-5-11(12)9-15/h7-8,11-12H,2-6,9-10,15H2,1H3,(H,16,17,18). The van der Waals surface area contributed by atoms with Gasteiger partial charge in [0, 0.05) is 18.8 Å². The molecule has 1 aromatic heterocycles. The maximum atomic E-state index is 5.85. The Labute approximate surface area is 115 Å². The molecule has 2 unspecified atom stereocenters. The Morgan fingerprint density at radius 3 is 2.89 bits per heavy atom. The molecule has 3 N–H and O–H groups in total. The Hall–Kier alpha value is -1.36. The number of anilines is 1. The predicted octanol–water partition coefficient (Wildman–Crippen LogP) is 2.05. The number of nitrogens with two attached hydrogens (primary N) is 1. The van der Waals surface area contributed by atoms with Crippen LogP contribution in [0.2, 0.25) is 0 Å². The van der Waals surface area contributed by atoms with Gasteiger partial charge < -0.3 is 15.8 Å². The molecule has 1 aliphatic rings. The second kappa shape index (κ2) is 7.28. The molecule has 2 atom stereocenters. The van der Waals surface area contributed by atoms with E-state index in [1.807, 2.05) is 6.92 Å². The van der Waals surface area contributed by atoms with E-state index in [0.717, 1.165) is 13.1 Å². The highest BCUT2D eigenvalue weighted by molar-refractivity contribution is 5.27. The molecule has 1 fully saturated rings. The van der Waals surface area contributed by atoms with Crippen molar-refractivity contribution in [2.75, 3.05) is 25.0 Å². The number of aromatic nitrogens is 2. The van der Waals surface area contributed by atoms with Crippen LogP contribution >= 0.6 is 0 Å². The van der Waals surface area contributed by atoms with Crippen LogP contribution in [0, 0.1) is 11.8 Å². The van der Waals surface area contributed by atoms with Gasteiger partial charge in [0.15, 0.2) is 0 Å². The first kappa shape index (κ1) is 14.1. The van der Waals surface area contributed by atoms with Crippen molar-refractivity contribution < 1.29 is 4.74 Å². The SMILES string of the molecule is CCOc1ccnc(NCC2CCCCC2CN)n1. The molecule has 1 saturated carbocycles. The van der Waals surface area contributed by atoms with Gasteiger partial charge in [-0.25, -0.2) is 4.98 Å². The van der Waals surface area contributed by atoms with Gasteiger partial charge in [0.2, 0.25) is 11.8 Å². The summed E-state index contributed by atoms with van der Waals surface area (Å²) in [5.74, 6) is 2.54. The van der Waals surface area contributed by atoms with Crippen molar-refractivity contribution in [1.29, 1.82) is 0 Å². The van der Waals surface area contributed by atoms with Gasteiger partial charge in [-0.2, -0.15) is 4.98 Å². The van der Waals surface area contributed by atoms with Gasteiger partial charge in [-0.1, -0.05) is 12.8 Å². The molecule has 0 bridgehead atoms. The highest BCUT2D eigenvalue weighted by atomic mass is 16.5. The van der Waals surface area contributed by atoms with Crippen molar-refractivity contribution in [3.8, 4) is 5.88 Å². The van der Waals surface area contributed by atoms with E-state index in [1.165, 1.54) is 25.7 Å². The second-order valence-corrected chi connectivity index (χ2v) is 5.07. The molecule has 0 saturated heterocycles. The lowest BCUT2D eigenvalue weighted by molar-refractivity contribution is 0.255. The number of hydrogen-bond acceptors (Lipinski definition) is 5. The molecule has 0 spiro atoms. The van der Waals surface area contributed by atoms with Gasteiger partial charge in [-0.3, -0.25) is 0 Å². The van der Waals surface area contributed by atoms with Crippen LogP contribution in [0.5, 0.6) is 5.88 Å². The molecule has 19 heavy (non-hydrogen) atoms. The molecule has 1 aliphatic carbocycles. The summed E-state index contributed by atoms with van der Waals surface area (Å²) in [5, 5.41) is 3.32. The highest BCUT2D eigenvalue weighted by Crippen LogP contribution is 2.29. The lowest BCUT2D eigenvalue weighted by Crippen LogP contribution is -2.31. The predicted molar refractivity (Wildman–Crippen MR) is 76.2 cm³/mol. The average molecular weight is 264 g/mol. The van der Waals surface area contributed by atoms with Crippen molar-refractivity contribution in [3.63, 3.8) is 0 Å². The summed E-state index contributed by atoms with van der Waals surface area (Å²) in [5.41, 5.74) is 5.85. The third-order valence-electron chi connectivity index (χ3n) is 3.81. The molecular formula is C14H24N4O. The zero-order valence-electron chi connectivity index (χ0n) is 11.6. The van der Waals surface area contributed by atoms with Crippen molar-refractivity contribution in [1.82, 2.24) is 9.97 Å². The lowest BCUT2D eigenvalue weighted by atomic mass is 9.79. The number of nitrogens with one attached hydrogen (secondary N) is 1. The molecule has 0 amide bonds. The van der Waals surface area contributed by atoms with Crippen LogP contribution in [0.15, 0.2) is 12.3 Å². The first-order valence-electron chi connectivity index (χ1n) is 7.23. The fourth-order valence-corrected chi connectivity index (χ4v) is 2.74. The van der Waals surface area contributed by atoms with E-state index in [1.54, 1.807) is 12.3 Å². The van der Waals surface area contributed by atoms with Crippen LogP contribution in [-0.4, -0.2) is 29.7 Å². The number of hydrogen-bond donors (Lipinski definition) is 2. The summed E-state index contributed by atoms with van der Waals surface area (Å²) >= 11 is 0. The molecule has 5 heteroatoms. The minimum atomic E-state index is 0.619. The van der Waals surface area contributed by atoms with Crippen molar-refractivity contribution in [2.45, 2.75) is 32.6 Å². The fraction of sp³-hybridized carbons (Fsp3) is 0.714. The molecule has 2 rings (SSSR count). The molecular weight excluding hydrogens is 240 g/mol. The van der Waals surface area contributed by atoms with Crippen LogP contribution in [0.25, 0.3) is 0 Å². The summed E-state index contributed by atoms with van der Waals surface area (Å²) in [4.78, 5) is 8.55. The van der Waals surface area contributed by atoms with Crippen LogP contribution in [0.4, 0.5) is 5.95 Å². The van der Waals surface area contributed by atoms with Gasteiger partial charge >= 0.3 is 0 Å². The lowest BCUT2D eigenvalue weighted by Gasteiger charge is -2.30. The highest BCUT2D eigenvalue weighted by Gasteiger charge is 2.23. The Bertz CT molecular complexity index is 385. The van der Waals surface area contributed by atoms with Crippen LogP contribution < -0.4 is 15.8 Å². The largest absolute Gasteiger partial charge is 0.478 e. The molecule has 1 aromatic rings.